The summed E-state index contributed by atoms with van der Waals surface area (Å²) in [5, 5.41) is 15.1. The third kappa shape index (κ3) is 4.36. The number of anilines is 1. The van der Waals surface area contributed by atoms with Gasteiger partial charge in [-0.15, -0.1) is 5.92 Å². The highest BCUT2D eigenvalue weighted by atomic mass is 35.5. The molecule has 1 saturated heterocycles. The van der Waals surface area contributed by atoms with Crippen molar-refractivity contribution in [2.45, 2.75) is 38.8 Å². The van der Waals surface area contributed by atoms with Gasteiger partial charge in [0, 0.05) is 29.5 Å². The molecule has 0 saturated carbocycles. The predicted molar refractivity (Wildman–Crippen MR) is 116 cm³/mol. The van der Waals surface area contributed by atoms with E-state index in [1.54, 1.807) is 26.2 Å². The third-order valence-electron chi connectivity index (χ3n) is 5.05. The third-order valence-corrected chi connectivity index (χ3v) is 5.38. The number of carbonyl (C=O) groups is 1. The van der Waals surface area contributed by atoms with Crippen LogP contribution < -0.4 is 10.6 Å². The number of nitrogens with zero attached hydrogens (tertiary/aromatic N) is 2. The molecule has 1 unspecified atom stereocenters. The monoisotopic (exact) mass is 409 g/mol. The Hall–Kier alpha value is -3.04. The van der Waals surface area contributed by atoms with Gasteiger partial charge in [0.05, 0.1) is 23.7 Å². The van der Waals surface area contributed by atoms with Crippen LogP contribution >= 0.6 is 11.6 Å². The van der Waals surface area contributed by atoms with Crippen LogP contribution in [0.4, 0.5) is 5.69 Å². The molecule has 3 rings (SSSR count). The van der Waals surface area contributed by atoms with Crippen molar-refractivity contribution in [1.82, 2.24) is 15.2 Å². The minimum absolute atomic E-state index is 0.0363. The van der Waals surface area contributed by atoms with E-state index in [0.29, 0.717) is 5.02 Å². The zero-order valence-corrected chi connectivity index (χ0v) is 17.7. The summed E-state index contributed by atoms with van der Waals surface area (Å²) in [5.41, 5.74) is 2.65. The molecule has 7 heteroatoms. The van der Waals surface area contributed by atoms with Crippen molar-refractivity contribution in [1.29, 1.82) is 5.41 Å². The number of guanidine groups is 1. The molecule has 1 amide bonds. The quantitative estimate of drug-likeness (QED) is 0.669. The highest BCUT2D eigenvalue weighted by molar-refractivity contribution is 6.31. The second-order valence-electron chi connectivity index (χ2n) is 7.34. The smallest absolute Gasteiger partial charge is 0.231 e. The van der Waals surface area contributed by atoms with Crippen molar-refractivity contribution in [2.24, 2.45) is 0 Å². The van der Waals surface area contributed by atoms with Gasteiger partial charge in [-0.05, 0) is 56.7 Å². The molecule has 0 spiro atoms. The molecule has 1 aromatic heterocycles. The first-order valence-electron chi connectivity index (χ1n) is 9.32. The lowest BCUT2D eigenvalue weighted by Crippen LogP contribution is -2.58. The molecule has 2 atom stereocenters. The van der Waals surface area contributed by atoms with E-state index in [0.717, 1.165) is 22.5 Å². The van der Waals surface area contributed by atoms with E-state index in [2.05, 4.69) is 27.5 Å². The van der Waals surface area contributed by atoms with E-state index in [-0.39, 0.29) is 24.3 Å². The molecule has 0 radical (unpaired) electrons. The number of hydrogen-bond acceptors (Lipinski definition) is 4. The maximum atomic E-state index is 12.3. The zero-order chi connectivity index (χ0) is 21.2. The van der Waals surface area contributed by atoms with Gasteiger partial charge >= 0.3 is 0 Å². The SMILES string of the molecule is CC#Cc1ccc([C@@H](C)Nc2ccc(Cl)c(C3(C)CC(=O)N(C)C(=N)N3)c2)nc1. The van der Waals surface area contributed by atoms with Gasteiger partial charge in [0.15, 0.2) is 5.96 Å². The Bertz CT molecular complexity index is 988. The molecule has 1 fully saturated rings. The first kappa shape index (κ1) is 20.7. The highest BCUT2D eigenvalue weighted by Crippen LogP contribution is 2.36. The van der Waals surface area contributed by atoms with E-state index >= 15 is 0 Å². The first-order valence-corrected chi connectivity index (χ1v) is 9.70. The van der Waals surface area contributed by atoms with Gasteiger partial charge in [-0.25, -0.2) is 0 Å². The Morgan fingerprint density at radius 3 is 2.76 bits per heavy atom. The summed E-state index contributed by atoms with van der Waals surface area (Å²) < 4.78 is 0. The maximum Gasteiger partial charge on any atom is 0.231 e. The molecule has 6 nitrogen and oxygen atoms in total. The molecular formula is C22H24ClN5O. The highest BCUT2D eigenvalue weighted by Gasteiger charge is 2.39. The van der Waals surface area contributed by atoms with E-state index in [9.17, 15) is 4.79 Å². The molecule has 3 N–H and O–H groups in total. The van der Waals surface area contributed by atoms with Gasteiger partial charge in [-0.2, -0.15) is 0 Å². The normalized spacial score (nSPS) is 19.8. The van der Waals surface area contributed by atoms with Gasteiger partial charge in [-0.3, -0.25) is 20.1 Å². The van der Waals surface area contributed by atoms with Crippen molar-refractivity contribution in [2.75, 3.05) is 12.4 Å². The van der Waals surface area contributed by atoms with E-state index < -0.39 is 5.54 Å². The Morgan fingerprint density at radius 2 is 2.14 bits per heavy atom. The molecule has 1 aliphatic heterocycles. The number of halogens is 1. The number of rotatable bonds is 4. The first-order chi connectivity index (χ1) is 13.7. The molecular weight excluding hydrogens is 386 g/mol. The number of nitrogens with one attached hydrogen (secondary N) is 3. The predicted octanol–water partition coefficient (Wildman–Crippen LogP) is 3.88. The average Bonchev–Trinajstić information content (AvgIpc) is 2.68. The largest absolute Gasteiger partial charge is 0.377 e. The van der Waals surface area contributed by atoms with Gasteiger partial charge < -0.3 is 10.6 Å². The minimum Gasteiger partial charge on any atom is -0.377 e. The van der Waals surface area contributed by atoms with Crippen LogP contribution in [0.5, 0.6) is 0 Å². The molecule has 0 bridgehead atoms. The topological polar surface area (TPSA) is 81.1 Å². The van der Waals surface area contributed by atoms with Crippen LogP contribution in [-0.2, 0) is 10.3 Å². The molecule has 150 valence electrons. The van der Waals surface area contributed by atoms with Crippen LogP contribution in [0.15, 0.2) is 36.5 Å². The van der Waals surface area contributed by atoms with E-state index in [4.69, 9.17) is 17.0 Å². The van der Waals surface area contributed by atoms with E-state index in [1.807, 2.05) is 38.1 Å². The van der Waals surface area contributed by atoms with Crippen molar-refractivity contribution >= 4 is 29.2 Å². The van der Waals surface area contributed by atoms with Crippen LogP contribution in [0.25, 0.3) is 0 Å². The lowest BCUT2D eigenvalue weighted by molar-refractivity contribution is -0.129. The molecule has 29 heavy (non-hydrogen) atoms. The summed E-state index contributed by atoms with van der Waals surface area (Å²) in [4.78, 5) is 18.1. The molecule has 1 aliphatic rings. The summed E-state index contributed by atoms with van der Waals surface area (Å²) >= 11 is 6.46. The Morgan fingerprint density at radius 1 is 1.38 bits per heavy atom. The van der Waals surface area contributed by atoms with E-state index in [1.165, 1.54) is 4.90 Å². The van der Waals surface area contributed by atoms with Crippen LogP contribution in [0, 0.1) is 17.3 Å². The zero-order valence-electron chi connectivity index (χ0n) is 16.9. The molecule has 1 aromatic carbocycles. The standard InChI is InChI=1S/C22H24ClN5O/c1-5-6-15-7-10-19(25-13-15)14(2)26-16-8-9-18(23)17(11-16)22(3)12-20(29)28(4)21(24)27-22/h7-11,13-14,26H,12H2,1-4H3,(H2,24,27)/t14-,22?/m1/s1. The van der Waals surface area contributed by atoms with Gasteiger partial charge in [0.25, 0.3) is 0 Å². The molecule has 0 aliphatic carbocycles. The summed E-state index contributed by atoms with van der Waals surface area (Å²) in [6.07, 6.45) is 1.98. The lowest BCUT2D eigenvalue weighted by atomic mass is 9.86. The fraction of sp³-hybridized carbons (Fsp3) is 0.318. The van der Waals surface area contributed by atoms with Gasteiger partial charge in [0.2, 0.25) is 5.91 Å². The number of hydrogen-bond donors (Lipinski definition) is 3. The maximum absolute atomic E-state index is 12.3. The Kier molecular flexibility index (Phi) is 5.81. The van der Waals surface area contributed by atoms with Crippen LogP contribution in [-0.4, -0.2) is 28.8 Å². The second-order valence-corrected chi connectivity index (χ2v) is 7.75. The van der Waals surface area contributed by atoms with Crippen molar-refractivity contribution < 1.29 is 4.79 Å². The number of carbonyl (C=O) groups excluding carboxylic acids is 1. The minimum atomic E-state index is -0.753. The summed E-state index contributed by atoms with van der Waals surface area (Å²) in [6, 6.07) is 9.49. The number of benzene rings is 1. The lowest BCUT2D eigenvalue weighted by Gasteiger charge is -2.40. The summed E-state index contributed by atoms with van der Waals surface area (Å²) in [5.74, 6) is 5.78. The van der Waals surface area contributed by atoms with Crippen LogP contribution in [0.3, 0.4) is 0 Å². The fourth-order valence-corrected chi connectivity index (χ4v) is 3.67. The summed E-state index contributed by atoms with van der Waals surface area (Å²) in [7, 11) is 1.59. The molecule has 2 aromatic rings. The number of amides is 1. The molecule has 2 heterocycles. The van der Waals surface area contributed by atoms with Gasteiger partial charge in [-0.1, -0.05) is 17.5 Å². The van der Waals surface area contributed by atoms with Crippen molar-refractivity contribution in [3.8, 4) is 11.8 Å². The van der Waals surface area contributed by atoms with Crippen molar-refractivity contribution in [3.63, 3.8) is 0 Å². The average molecular weight is 410 g/mol. The summed E-state index contributed by atoms with van der Waals surface area (Å²) in [6.45, 7) is 5.71. The Balaban J connectivity index is 1.84. The van der Waals surface area contributed by atoms with Gasteiger partial charge in [0.1, 0.15) is 0 Å². The second kappa shape index (κ2) is 8.14. The van der Waals surface area contributed by atoms with Crippen LogP contribution in [0.2, 0.25) is 5.02 Å². The fourth-order valence-electron chi connectivity index (χ4n) is 3.34. The number of aromatic nitrogens is 1. The number of pyridine rings is 1. The van der Waals surface area contributed by atoms with Crippen molar-refractivity contribution in [3.05, 3.63) is 58.4 Å². The Labute approximate surface area is 176 Å². The van der Waals surface area contributed by atoms with Crippen LogP contribution in [0.1, 0.15) is 50.1 Å².